The summed E-state index contributed by atoms with van der Waals surface area (Å²) in [7, 11) is 0. The Balaban J connectivity index is 1.83. The van der Waals surface area contributed by atoms with Crippen LogP contribution in [-0.2, 0) is 11.2 Å². The van der Waals surface area contributed by atoms with Crippen LogP contribution in [0.3, 0.4) is 0 Å². The van der Waals surface area contributed by atoms with E-state index in [1.165, 1.54) is 4.88 Å². The largest absolute Gasteiger partial charge is 0.352 e. The van der Waals surface area contributed by atoms with E-state index in [1.54, 1.807) is 11.3 Å². The first-order valence-corrected chi connectivity index (χ1v) is 6.60. The number of nitrogens with one attached hydrogen (secondary N) is 1. The van der Waals surface area contributed by atoms with Crippen LogP contribution in [-0.4, -0.2) is 17.5 Å². The van der Waals surface area contributed by atoms with Crippen molar-refractivity contribution in [2.24, 2.45) is 5.73 Å². The van der Waals surface area contributed by atoms with Crippen LogP contribution in [0.5, 0.6) is 0 Å². The van der Waals surface area contributed by atoms with Gasteiger partial charge in [-0.3, -0.25) is 4.79 Å². The van der Waals surface area contributed by atoms with Gasteiger partial charge >= 0.3 is 0 Å². The summed E-state index contributed by atoms with van der Waals surface area (Å²) >= 11 is 1.72. The molecule has 0 bridgehead atoms. The van der Waals surface area contributed by atoms with Crippen molar-refractivity contribution in [1.29, 1.82) is 0 Å². The van der Waals surface area contributed by atoms with Crippen molar-refractivity contribution in [2.45, 2.75) is 44.2 Å². The molecule has 0 radical (unpaired) electrons. The highest BCUT2D eigenvalue weighted by Gasteiger charge is 2.40. The molecule has 3 nitrogen and oxygen atoms in total. The molecule has 1 aliphatic carbocycles. The summed E-state index contributed by atoms with van der Waals surface area (Å²) in [6.07, 6.45) is 3.61. The van der Waals surface area contributed by atoms with Crippen LogP contribution in [0.15, 0.2) is 17.5 Å². The average molecular weight is 238 g/mol. The van der Waals surface area contributed by atoms with Crippen LogP contribution < -0.4 is 11.1 Å². The minimum absolute atomic E-state index is 0.0165. The van der Waals surface area contributed by atoms with Crippen molar-refractivity contribution < 1.29 is 4.79 Å². The number of thiophene rings is 1. The lowest BCUT2D eigenvalue weighted by Crippen LogP contribution is -2.60. The molecule has 16 heavy (non-hydrogen) atoms. The molecule has 0 aromatic carbocycles. The van der Waals surface area contributed by atoms with Gasteiger partial charge in [0.1, 0.15) is 0 Å². The van der Waals surface area contributed by atoms with E-state index in [2.05, 4.69) is 16.8 Å². The quantitative estimate of drug-likeness (QED) is 0.838. The van der Waals surface area contributed by atoms with Crippen LogP contribution in [0, 0.1) is 0 Å². The molecule has 1 unspecified atom stereocenters. The molecule has 1 saturated carbocycles. The number of hydrogen-bond donors (Lipinski definition) is 2. The standard InChI is InChI=1S/C12H18N2OS/c1-9(8-10-4-2-7-16-10)14-11(15)12(13)5-3-6-12/h2,4,7,9H,3,5-6,8,13H2,1H3,(H,14,15). The summed E-state index contributed by atoms with van der Waals surface area (Å²) in [5.74, 6) is 0.0165. The van der Waals surface area contributed by atoms with E-state index in [0.717, 1.165) is 25.7 Å². The van der Waals surface area contributed by atoms with Crippen molar-refractivity contribution >= 4 is 17.2 Å². The van der Waals surface area contributed by atoms with Crippen LogP contribution in [0.1, 0.15) is 31.1 Å². The van der Waals surface area contributed by atoms with Gasteiger partial charge in [0.25, 0.3) is 0 Å². The average Bonchev–Trinajstić information content (AvgIpc) is 2.66. The third kappa shape index (κ3) is 2.44. The monoisotopic (exact) mass is 238 g/mol. The summed E-state index contributed by atoms with van der Waals surface area (Å²) in [5, 5.41) is 5.06. The van der Waals surface area contributed by atoms with E-state index in [9.17, 15) is 4.79 Å². The minimum atomic E-state index is -0.580. The molecule has 0 aliphatic heterocycles. The number of nitrogens with two attached hydrogens (primary N) is 1. The Hall–Kier alpha value is -0.870. The molecule has 3 N–H and O–H groups in total. The second-order valence-corrected chi connectivity index (χ2v) is 5.70. The van der Waals surface area contributed by atoms with Crippen LogP contribution in [0.25, 0.3) is 0 Å². The highest BCUT2D eigenvalue weighted by Crippen LogP contribution is 2.29. The van der Waals surface area contributed by atoms with Gasteiger partial charge in [-0.05, 0) is 37.6 Å². The zero-order valence-corrected chi connectivity index (χ0v) is 10.3. The van der Waals surface area contributed by atoms with Crippen molar-refractivity contribution in [3.8, 4) is 0 Å². The molecule has 1 aromatic rings. The molecule has 0 spiro atoms. The van der Waals surface area contributed by atoms with E-state index in [4.69, 9.17) is 5.73 Å². The predicted molar refractivity (Wildman–Crippen MR) is 66.4 cm³/mol. The molecule has 2 rings (SSSR count). The summed E-state index contributed by atoms with van der Waals surface area (Å²) in [5.41, 5.74) is 5.38. The summed E-state index contributed by atoms with van der Waals surface area (Å²) < 4.78 is 0. The number of carbonyl (C=O) groups excluding carboxylic acids is 1. The van der Waals surface area contributed by atoms with Crippen molar-refractivity contribution in [3.63, 3.8) is 0 Å². The van der Waals surface area contributed by atoms with Gasteiger partial charge in [-0.15, -0.1) is 11.3 Å². The number of amides is 1. The first kappa shape index (κ1) is 11.6. The fraction of sp³-hybridized carbons (Fsp3) is 0.583. The maximum Gasteiger partial charge on any atom is 0.240 e. The fourth-order valence-corrected chi connectivity index (χ4v) is 2.77. The van der Waals surface area contributed by atoms with Gasteiger partial charge in [-0.1, -0.05) is 6.07 Å². The highest BCUT2D eigenvalue weighted by atomic mass is 32.1. The Kier molecular flexibility index (Phi) is 3.30. The molecule has 1 aliphatic rings. The molecule has 1 atom stereocenters. The SMILES string of the molecule is CC(Cc1cccs1)NC(=O)C1(N)CCC1. The normalized spacial score (nSPS) is 19.9. The van der Waals surface area contributed by atoms with Gasteiger partial charge in [-0.2, -0.15) is 0 Å². The Labute approximate surface area is 100 Å². The summed E-state index contributed by atoms with van der Waals surface area (Å²) in [4.78, 5) is 13.2. The Morgan fingerprint density at radius 1 is 1.69 bits per heavy atom. The van der Waals surface area contributed by atoms with E-state index < -0.39 is 5.54 Å². The second-order valence-electron chi connectivity index (χ2n) is 4.67. The maximum atomic E-state index is 11.9. The molecule has 1 aromatic heterocycles. The van der Waals surface area contributed by atoms with Crippen LogP contribution in [0.2, 0.25) is 0 Å². The van der Waals surface area contributed by atoms with E-state index >= 15 is 0 Å². The molecule has 1 heterocycles. The van der Waals surface area contributed by atoms with Crippen molar-refractivity contribution in [3.05, 3.63) is 22.4 Å². The maximum absolute atomic E-state index is 11.9. The third-order valence-corrected chi connectivity index (χ3v) is 4.06. The van der Waals surface area contributed by atoms with Gasteiger partial charge < -0.3 is 11.1 Å². The fourth-order valence-electron chi connectivity index (χ4n) is 1.93. The van der Waals surface area contributed by atoms with Gasteiger partial charge in [0, 0.05) is 17.3 Å². The lowest BCUT2D eigenvalue weighted by atomic mass is 9.77. The molecule has 88 valence electrons. The third-order valence-electron chi connectivity index (χ3n) is 3.16. The number of carbonyl (C=O) groups is 1. The molecular formula is C12H18N2OS. The molecule has 0 saturated heterocycles. The van der Waals surface area contributed by atoms with E-state index in [1.807, 2.05) is 13.0 Å². The number of rotatable bonds is 4. The predicted octanol–water partition coefficient (Wildman–Crippen LogP) is 1.68. The molecule has 1 fully saturated rings. The zero-order valence-electron chi connectivity index (χ0n) is 9.53. The molecular weight excluding hydrogens is 220 g/mol. The van der Waals surface area contributed by atoms with E-state index in [-0.39, 0.29) is 11.9 Å². The lowest BCUT2D eigenvalue weighted by molar-refractivity contribution is -0.129. The smallest absolute Gasteiger partial charge is 0.240 e. The Morgan fingerprint density at radius 2 is 2.44 bits per heavy atom. The van der Waals surface area contributed by atoms with Gasteiger partial charge in [0.15, 0.2) is 0 Å². The van der Waals surface area contributed by atoms with Crippen molar-refractivity contribution in [2.75, 3.05) is 0 Å². The Bertz CT molecular complexity index is 357. The second kappa shape index (κ2) is 4.55. The minimum Gasteiger partial charge on any atom is -0.352 e. The topological polar surface area (TPSA) is 55.1 Å². The van der Waals surface area contributed by atoms with Crippen LogP contribution in [0.4, 0.5) is 0 Å². The first-order chi connectivity index (χ1) is 7.60. The van der Waals surface area contributed by atoms with Gasteiger partial charge in [0.2, 0.25) is 5.91 Å². The summed E-state index contributed by atoms with van der Waals surface area (Å²) in [6, 6.07) is 4.28. The molecule has 1 amide bonds. The highest BCUT2D eigenvalue weighted by molar-refractivity contribution is 7.09. The lowest BCUT2D eigenvalue weighted by Gasteiger charge is -2.37. The number of hydrogen-bond acceptors (Lipinski definition) is 3. The van der Waals surface area contributed by atoms with Crippen LogP contribution >= 0.6 is 11.3 Å². The van der Waals surface area contributed by atoms with Crippen molar-refractivity contribution in [1.82, 2.24) is 5.32 Å². The first-order valence-electron chi connectivity index (χ1n) is 5.72. The van der Waals surface area contributed by atoms with Gasteiger partial charge in [-0.25, -0.2) is 0 Å². The van der Waals surface area contributed by atoms with Gasteiger partial charge in [0.05, 0.1) is 5.54 Å². The van der Waals surface area contributed by atoms with E-state index in [0.29, 0.717) is 0 Å². The summed E-state index contributed by atoms with van der Waals surface area (Å²) in [6.45, 7) is 2.03. The molecule has 4 heteroatoms. The zero-order chi connectivity index (χ0) is 11.6. The Morgan fingerprint density at radius 3 is 2.94 bits per heavy atom.